The summed E-state index contributed by atoms with van der Waals surface area (Å²) in [5.74, 6) is 0. The average Bonchev–Trinajstić information content (AvgIpc) is 2.16. The standard InChI is InChI=1S/C9H7F2N3/c10-8(11)7-6(12)4-5-2-1-3-13-9(5)14-7/h1-4,8H,12H2. The van der Waals surface area contributed by atoms with Crippen molar-refractivity contribution >= 4 is 16.7 Å². The molecule has 5 heteroatoms. The maximum atomic E-state index is 12.4. The summed E-state index contributed by atoms with van der Waals surface area (Å²) in [7, 11) is 0. The van der Waals surface area contributed by atoms with Gasteiger partial charge in [-0.25, -0.2) is 18.7 Å². The van der Waals surface area contributed by atoms with Crippen molar-refractivity contribution in [2.45, 2.75) is 6.43 Å². The van der Waals surface area contributed by atoms with Crippen LogP contribution >= 0.6 is 0 Å². The molecule has 0 aliphatic heterocycles. The zero-order valence-corrected chi connectivity index (χ0v) is 7.11. The van der Waals surface area contributed by atoms with Gasteiger partial charge in [0.25, 0.3) is 6.43 Å². The minimum atomic E-state index is -2.67. The Morgan fingerprint density at radius 1 is 1.36 bits per heavy atom. The molecule has 2 rings (SSSR count). The molecule has 0 bridgehead atoms. The summed E-state index contributed by atoms with van der Waals surface area (Å²) in [6.07, 6.45) is -1.16. The van der Waals surface area contributed by atoms with E-state index < -0.39 is 12.1 Å². The maximum Gasteiger partial charge on any atom is 0.282 e. The fraction of sp³-hybridized carbons (Fsp3) is 0.111. The van der Waals surface area contributed by atoms with Gasteiger partial charge in [-0.2, -0.15) is 0 Å². The van der Waals surface area contributed by atoms with E-state index in [1.165, 1.54) is 12.3 Å². The number of nitrogens with two attached hydrogens (primary N) is 1. The number of nitrogens with zero attached hydrogens (tertiary/aromatic N) is 2. The molecule has 2 aromatic rings. The summed E-state index contributed by atoms with van der Waals surface area (Å²) in [5.41, 5.74) is 5.30. The monoisotopic (exact) mass is 195 g/mol. The lowest BCUT2D eigenvalue weighted by molar-refractivity contribution is 0.147. The topological polar surface area (TPSA) is 51.8 Å². The van der Waals surface area contributed by atoms with Gasteiger partial charge >= 0.3 is 0 Å². The summed E-state index contributed by atoms with van der Waals surface area (Å²) in [5, 5.41) is 0.661. The molecule has 0 fully saturated rings. The van der Waals surface area contributed by atoms with Crippen molar-refractivity contribution in [3.63, 3.8) is 0 Å². The molecule has 3 nitrogen and oxygen atoms in total. The van der Waals surface area contributed by atoms with Crippen LogP contribution in [0.4, 0.5) is 14.5 Å². The van der Waals surface area contributed by atoms with E-state index in [1.807, 2.05) is 0 Å². The molecule has 2 N–H and O–H groups in total. The van der Waals surface area contributed by atoms with Gasteiger partial charge in [0.2, 0.25) is 0 Å². The van der Waals surface area contributed by atoms with Crippen molar-refractivity contribution in [1.29, 1.82) is 0 Å². The number of alkyl halides is 2. The first-order valence-corrected chi connectivity index (χ1v) is 3.98. The van der Waals surface area contributed by atoms with Crippen LogP contribution in [0.25, 0.3) is 11.0 Å². The first-order chi connectivity index (χ1) is 6.68. The smallest absolute Gasteiger partial charge is 0.282 e. The van der Waals surface area contributed by atoms with Gasteiger partial charge in [-0.3, -0.25) is 0 Å². The van der Waals surface area contributed by atoms with E-state index in [4.69, 9.17) is 5.73 Å². The van der Waals surface area contributed by atoms with Gasteiger partial charge in [0, 0.05) is 11.6 Å². The van der Waals surface area contributed by atoms with E-state index in [0.29, 0.717) is 5.39 Å². The van der Waals surface area contributed by atoms with Gasteiger partial charge in [0.05, 0.1) is 5.69 Å². The summed E-state index contributed by atoms with van der Waals surface area (Å²) >= 11 is 0. The van der Waals surface area contributed by atoms with Crippen molar-refractivity contribution in [2.75, 3.05) is 5.73 Å². The summed E-state index contributed by atoms with van der Waals surface area (Å²) < 4.78 is 24.8. The zero-order chi connectivity index (χ0) is 10.1. The molecule has 0 aliphatic rings. The number of rotatable bonds is 1. The molecule has 0 aromatic carbocycles. The highest BCUT2D eigenvalue weighted by atomic mass is 19.3. The predicted octanol–water partition coefficient (Wildman–Crippen LogP) is 2.15. The normalized spacial score (nSPS) is 11.1. The second-order valence-electron chi connectivity index (χ2n) is 2.81. The van der Waals surface area contributed by atoms with Crippen LogP contribution in [0.1, 0.15) is 12.1 Å². The van der Waals surface area contributed by atoms with Gasteiger partial charge in [-0.15, -0.1) is 0 Å². The Balaban J connectivity index is 2.71. The van der Waals surface area contributed by atoms with Gasteiger partial charge < -0.3 is 5.73 Å². The Bertz CT molecular complexity index is 471. The zero-order valence-electron chi connectivity index (χ0n) is 7.11. The molecule has 2 aromatic heterocycles. The molecule has 0 radical (unpaired) electrons. The first-order valence-electron chi connectivity index (χ1n) is 3.98. The van der Waals surface area contributed by atoms with Crippen LogP contribution in [-0.4, -0.2) is 9.97 Å². The lowest BCUT2D eigenvalue weighted by atomic mass is 10.2. The highest BCUT2D eigenvalue weighted by molar-refractivity contribution is 5.78. The average molecular weight is 195 g/mol. The molecule has 0 amide bonds. The molecule has 0 unspecified atom stereocenters. The Labute approximate surface area is 78.6 Å². The van der Waals surface area contributed by atoms with Crippen molar-refractivity contribution in [1.82, 2.24) is 9.97 Å². The van der Waals surface area contributed by atoms with Crippen molar-refractivity contribution in [3.8, 4) is 0 Å². The van der Waals surface area contributed by atoms with E-state index in [2.05, 4.69) is 9.97 Å². The second kappa shape index (κ2) is 3.17. The Hall–Kier alpha value is -1.78. The van der Waals surface area contributed by atoms with Crippen molar-refractivity contribution < 1.29 is 8.78 Å². The Morgan fingerprint density at radius 3 is 2.86 bits per heavy atom. The molecule has 0 saturated heterocycles. The van der Waals surface area contributed by atoms with Gasteiger partial charge in [-0.1, -0.05) is 0 Å². The third-order valence-corrected chi connectivity index (χ3v) is 1.86. The number of fused-ring (bicyclic) bond motifs is 1. The summed E-state index contributed by atoms with van der Waals surface area (Å²) in [6, 6.07) is 4.88. The van der Waals surface area contributed by atoms with E-state index in [9.17, 15) is 8.78 Å². The number of hydrogen-bond donors (Lipinski definition) is 1. The van der Waals surface area contributed by atoms with Crippen LogP contribution in [0.5, 0.6) is 0 Å². The van der Waals surface area contributed by atoms with Crippen molar-refractivity contribution in [2.24, 2.45) is 0 Å². The van der Waals surface area contributed by atoms with E-state index >= 15 is 0 Å². The summed E-state index contributed by atoms with van der Waals surface area (Å²) in [4.78, 5) is 7.55. The fourth-order valence-corrected chi connectivity index (χ4v) is 1.21. The molecule has 72 valence electrons. The van der Waals surface area contributed by atoms with Crippen LogP contribution in [0.3, 0.4) is 0 Å². The number of anilines is 1. The summed E-state index contributed by atoms with van der Waals surface area (Å²) in [6.45, 7) is 0. The third kappa shape index (κ3) is 1.37. The van der Waals surface area contributed by atoms with E-state index in [1.54, 1.807) is 12.1 Å². The minimum Gasteiger partial charge on any atom is -0.397 e. The van der Waals surface area contributed by atoms with E-state index in [-0.39, 0.29) is 11.3 Å². The molecular formula is C9H7F2N3. The third-order valence-electron chi connectivity index (χ3n) is 1.86. The number of nitrogen functional groups attached to an aromatic ring is 1. The molecule has 0 aliphatic carbocycles. The number of hydrogen-bond acceptors (Lipinski definition) is 3. The SMILES string of the molecule is Nc1cc2cccnc2nc1C(F)F. The lowest BCUT2D eigenvalue weighted by Crippen LogP contribution is -1.99. The van der Waals surface area contributed by atoms with Crippen LogP contribution in [0.15, 0.2) is 24.4 Å². The highest BCUT2D eigenvalue weighted by Crippen LogP contribution is 2.25. The molecule has 0 saturated carbocycles. The molecule has 14 heavy (non-hydrogen) atoms. The Morgan fingerprint density at radius 2 is 2.14 bits per heavy atom. The second-order valence-corrected chi connectivity index (χ2v) is 2.81. The maximum absolute atomic E-state index is 12.4. The van der Waals surface area contributed by atoms with Crippen molar-refractivity contribution in [3.05, 3.63) is 30.1 Å². The van der Waals surface area contributed by atoms with Crippen LogP contribution in [-0.2, 0) is 0 Å². The number of halogens is 2. The van der Waals surface area contributed by atoms with Crippen LogP contribution in [0, 0.1) is 0 Å². The molecular weight excluding hydrogens is 188 g/mol. The largest absolute Gasteiger partial charge is 0.397 e. The first kappa shape index (κ1) is 8.80. The fourth-order valence-electron chi connectivity index (χ4n) is 1.21. The highest BCUT2D eigenvalue weighted by Gasteiger charge is 2.14. The quantitative estimate of drug-likeness (QED) is 0.758. The number of aromatic nitrogens is 2. The van der Waals surface area contributed by atoms with Gasteiger partial charge in [-0.05, 0) is 18.2 Å². The minimum absolute atomic E-state index is 0.000463. The predicted molar refractivity (Wildman–Crippen MR) is 48.9 cm³/mol. The lowest BCUT2D eigenvalue weighted by Gasteiger charge is -2.04. The van der Waals surface area contributed by atoms with E-state index in [0.717, 1.165) is 0 Å². The molecule has 2 heterocycles. The molecule has 0 spiro atoms. The molecule has 0 atom stereocenters. The number of pyridine rings is 2. The van der Waals surface area contributed by atoms with Crippen LogP contribution < -0.4 is 5.73 Å². The Kier molecular flexibility index (Phi) is 1.99. The van der Waals surface area contributed by atoms with Crippen LogP contribution in [0.2, 0.25) is 0 Å². The van der Waals surface area contributed by atoms with Gasteiger partial charge in [0.15, 0.2) is 5.65 Å². The van der Waals surface area contributed by atoms with Gasteiger partial charge in [0.1, 0.15) is 5.69 Å².